The first kappa shape index (κ1) is 26.1. The highest BCUT2D eigenvalue weighted by Gasteiger charge is 2.26. The van der Waals surface area contributed by atoms with Crippen molar-refractivity contribution in [3.63, 3.8) is 0 Å². The third-order valence-electron chi connectivity index (χ3n) is 6.07. The molecular weight excluding hydrogens is 500 g/mol. The van der Waals surface area contributed by atoms with Gasteiger partial charge in [-0.1, -0.05) is 86.1 Å². The second kappa shape index (κ2) is 12.2. The highest BCUT2D eigenvalue weighted by atomic mass is 79.9. The Balaban J connectivity index is 0.00000342. The molecule has 1 atom stereocenters. The topological polar surface area (TPSA) is 62.6 Å². The number of hydrogen-bond donors (Lipinski definition) is 0. The molecule has 0 radical (unpaired) electrons. The van der Waals surface area contributed by atoms with Crippen LogP contribution in [0.1, 0.15) is 60.0 Å². The highest BCUT2D eigenvalue weighted by molar-refractivity contribution is 5.98. The van der Waals surface area contributed by atoms with Crippen LogP contribution in [-0.2, 0) is 13.0 Å². The van der Waals surface area contributed by atoms with Crippen molar-refractivity contribution >= 4 is 5.78 Å². The van der Waals surface area contributed by atoms with Gasteiger partial charge in [0.25, 0.3) is 5.82 Å². The summed E-state index contributed by atoms with van der Waals surface area (Å²) in [5.74, 6) is 1.03. The minimum Gasteiger partial charge on any atom is -1.00 e. The highest BCUT2D eigenvalue weighted by Crippen LogP contribution is 2.23. The lowest BCUT2D eigenvalue weighted by Crippen LogP contribution is -3.00. The first-order valence-corrected chi connectivity index (χ1v) is 11.8. The average Bonchev–Trinajstić information content (AvgIpc) is 3.29. The Morgan fingerprint density at radius 1 is 1.03 bits per heavy atom. The quantitative estimate of drug-likeness (QED) is 0.247. The predicted molar refractivity (Wildman–Crippen MR) is 132 cm³/mol. The van der Waals surface area contributed by atoms with Crippen LogP contribution in [0.3, 0.4) is 0 Å². The molecule has 0 aliphatic rings. The number of Topliss-reactive ketones (excluding diaryl/α,β-unsaturated/α-hetero) is 1. The van der Waals surface area contributed by atoms with Gasteiger partial charge in [0, 0.05) is 17.1 Å². The summed E-state index contributed by atoms with van der Waals surface area (Å²) in [6.45, 7) is 4.74. The molecular formula is C29H29BrN4O. The number of halogens is 1. The number of nitriles is 1. The second-order valence-electron chi connectivity index (χ2n) is 8.50. The fourth-order valence-electron chi connectivity index (χ4n) is 4.06. The van der Waals surface area contributed by atoms with Crippen LogP contribution < -0.4 is 21.5 Å². The van der Waals surface area contributed by atoms with Gasteiger partial charge in [0.1, 0.15) is 0 Å². The summed E-state index contributed by atoms with van der Waals surface area (Å²) in [5.41, 5.74) is 4.47. The largest absolute Gasteiger partial charge is 1.00 e. The van der Waals surface area contributed by atoms with E-state index >= 15 is 0 Å². The van der Waals surface area contributed by atoms with Gasteiger partial charge in [-0.3, -0.25) is 4.79 Å². The number of nitrogens with zero attached hydrogens (tertiary/aromatic N) is 4. The number of ketones is 1. The lowest BCUT2D eigenvalue weighted by Gasteiger charge is -2.06. The van der Waals surface area contributed by atoms with Crippen molar-refractivity contribution in [3.05, 3.63) is 108 Å². The van der Waals surface area contributed by atoms with E-state index in [2.05, 4.69) is 41.8 Å². The summed E-state index contributed by atoms with van der Waals surface area (Å²) in [6.07, 6.45) is 4.94. The third-order valence-corrected chi connectivity index (χ3v) is 6.07. The van der Waals surface area contributed by atoms with E-state index in [1.54, 1.807) is 4.68 Å². The van der Waals surface area contributed by atoms with Crippen LogP contribution in [0, 0.1) is 11.3 Å². The lowest BCUT2D eigenvalue weighted by atomic mass is 9.99. The van der Waals surface area contributed by atoms with Crippen molar-refractivity contribution in [2.45, 2.75) is 45.7 Å². The molecule has 5 nitrogen and oxygen atoms in total. The van der Waals surface area contributed by atoms with Gasteiger partial charge >= 0.3 is 0 Å². The van der Waals surface area contributed by atoms with Crippen molar-refractivity contribution in [2.75, 3.05) is 0 Å². The molecule has 1 aromatic heterocycles. The van der Waals surface area contributed by atoms with E-state index in [1.165, 1.54) is 0 Å². The normalized spacial score (nSPS) is 11.3. The van der Waals surface area contributed by atoms with Crippen LogP contribution in [0.25, 0.3) is 11.1 Å². The number of aryl methyl sites for hydroxylation is 1. The van der Waals surface area contributed by atoms with Gasteiger partial charge in [0.15, 0.2) is 6.04 Å². The molecule has 0 fully saturated rings. The van der Waals surface area contributed by atoms with Gasteiger partial charge in [0.05, 0.1) is 18.2 Å². The van der Waals surface area contributed by atoms with Crippen molar-refractivity contribution in [2.24, 2.45) is 0 Å². The number of aromatic nitrogens is 3. The summed E-state index contributed by atoms with van der Waals surface area (Å²) in [7, 11) is 0. The van der Waals surface area contributed by atoms with Gasteiger partial charge in [0.2, 0.25) is 12.1 Å². The van der Waals surface area contributed by atoms with Crippen LogP contribution in [0.4, 0.5) is 0 Å². The Morgan fingerprint density at radius 2 is 1.71 bits per heavy atom. The Morgan fingerprint density at radius 3 is 2.40 bits per heavy atom. The predicted octanol–water partition coefficient (Wildman–Crippen LogP) is 2.55. The minimum atomic E-state index is -0.381. The number of carbonyl (C=O) groups excluding carboxylic acids is 1. The van der Waals surface area contributed by atoms with Crippen LogP contribution >= 0.6 is 0 Å². The Kier molecular flexibility index (Phi) is 9.11. The minimum absolute atomic E-state index is 0. The summed E-state index contributed by atoms with van der Waals surface area (Å²) in [5, 5.41) is 14.2. The van der Waals surface area contributed by atoms with E-state index in [0.29, 0.717) is 17.7 Å². The van der Waals surface area contributed by atoms with E-state index in [9.17, 15) is 10.1 Å². The molecule has 0 aliphatic carbocycles. The summed E-state index contributed by atoms with van der Waals surface area (Å²) in [4.78, 5) is 13.0. The molecule has 0 N–H and O–H groups in total. The maximum Gasteiger partial charge on any atom is 0.277 e. The standard InChI is InChI=1S/C29H29N4O.BrH/c1-3-4-14-28-31-33(22(2)29(34)25-10-6-5-7-11-25)21-32(28)20-23-15-17-24(18-16-23)27-13-9-8-12-26(27)19-30;/h5-13,15-18,21-22H,3-4,14,20H2,1-2H3;1H/q+1;/p-1. The zero-order valence-electron chi connectivity index (χ0n) is 20.1. The van der Waals surface area contributed by atoms with Crippen molar-refractivity contribution < 1.29 is 26.3 Å². The zero-order chi connectivity index (χ0) is 23.9. The molecule has 35 heavy (non-hydrogen) atoms. The maximum atomic E-state index is 13.0. The fraction of sp³-hybridized carbons (Fsp3) is 0.241. The Hall–Kier alpha value is -3.56. The van der Waals surface area contributed by atoms with Crippen molar-refractivity contribution in [1.29, 1.82) is 5.26 Å². The molecule has 0 saturated carbocycles. The number of benzene rings is 3. The molecule has 0 spiro atoms. The number of hydrogen-bond acceptors (Lipinski definition) is 3. The molecule has 6 heteroatoms. The van der Waals surface area contributed by atoms with E-state index in [-0.39, 0.29) is 28.8 Å². The van der Waals surface area contributed by atoms with Crippen LogP contribution in [0.2, 0.25) is 0 Å². The molecule has 4 aromatic rings. The monoisotopic (exact) mass is 528 g/mol. The van der Waals surface area contributed by atoms with E-state index in [1.807, 2.05) is 67.8 Å². The molecule has 0 bridgehead atoms. The van der Waals surface area contributed by atoms with Crippen molar-refractivity contribution in [3.8, 4) is 17.2 Å². The van der Waals surface area contributed by atoms with Crippen LogP contribution in [0.5, 0.6) is 0 Å². The lowest BCUT2D eigenvalue weighted by molar-refractivity contribution is -0.696. The number of rotatable bonds is 9. The average molecular weight is 529 g/mol. The van der Waals surface area contributed by atoms with Gasteiger partial charge in [-0.2, -0.15) is 5.26 Å². The zero-order valence-corrected chi connectivity index (χ0v) is 21.6. The SMILES string of the molecule is CCCCc1nn(C(C)C(=O)c2ccccc2)c[n+]1Cc1ccc(-c2ccccc2C#N)cc1.[Br-]. The van der Waals surface area contributed by atoms with Crippen molar-refractivity contribution in [1.82, 2.24) is 9.78 Å². The molecule has 0 saturated heterocycles. The first-order chi connectivity index (χ1) is 16.6. The molecule has 1 heterocycles. The second-order valence-corrected chi connectivity index (χ2v) is 8.50. The van der Waals surface area contributed by atoms with Gasteiger partial charge in [-0.25, -0.2) is 4.57 Å². The van der Waals surface area contributed by atoms with Crippen LogP contribution in [0.15, 0.2) is 85.2 Å². The third kappa shape index (κ3) is 6.12. The first-order valence-electron chi connectivity index (χ1n) is 11.8. The fourth-order valence-corrected chi connectivity index (χ4v) is 4.06. The number of unbranched alkanes of at least 4 members (excludes halogenated alkanes) is 1. The molecule has 1 unspecified atom stereocenters. The molecule has 0 aliphatic heterocycles. The number of carbonyl (C=O) groups is 1. The maximum absolute atomic E-state index is 13.0. The van der Waals surface area contributed by atoms with E-state index < -0.39 is 0 Å². The molecule has 178 valence electrons. The van der Waals surface area contributed by atoms with Crippen LogP contribution in [-0.4, -0.2) is 15.6 Å². The molecule has 0 amide bonds. The molecule has 4 rings (SSSR count). The Labute approximate surface area is 217 Å². The van der Waals surface area contributed by atoms with E-state index in [4.69, 9.17) is 5.10 Å². The Bertz CT molecular complexity index is 1310. The van der Waals surface area contributed by atoms with Gasteiger partial charge in [-0.05, 0) is 36.1 Å². The summed E-state index contributed by atoms with van der Waals surface area (Å²) < 4.78 is 3.93. The smallest absolute Gasteiger partial charge is 0.277 e. The van der Waals surface area contributed by atoms with E-state index in [0.717, 1.165) is 41.8 Å². The van der Waals surface area contributed by atoms with Gasteiger partial charge in [-0.15, -0.1) is 4.68 Å². The summed E-state index contributed by atoms with van der Waals surface area (Å²) >= 11 is 0. The molecule has 3 aromatic carbocycles. The summed E-state index contributed by atoms with van der Waals surface area (Å²) in [6, 6.07) is 27.2. The van der Waals surface area contributed by atoms with Gasteiger partial charge < -0.3 is 17.0 Å².